The van der Waals surface area contributed by atoms with Gasteiger partial charge in [0.05, 0.1) is 18.6 Å². The molecule has 0 bridgehead atoms. The zero-order chi connectivity index (χ0) is 10.8. The molecule has 15 heavy (non-hydrogen) atoms. The monoisotopic (exact) mass is 212 g/mol. The third-order valence-corrected chi connectivity index (χ3v) is 3.72. The minimum Gasteiger partial charge on any atom is -0.466 e. The third-order valence-electron chi connectivity index (χ3n) is 3.72. The van der Waals surface area contributed by atoms with Crippen LogP contribution in [0.2, 0.25) is 0 Å². The van der Waals surface area contributed by atoms with Crippen molar-refractivity contribution in [3.05, 3.63) is 0 Å². The molecular weight excluding hydrogens is 192 g/mol. The summed E-state index contributed by atoms with van der Waals surface area (Å²) in [5.41, 5.74) is 0. The maximum atomic E-state index is 11.8. The van der Waals surface area contributed by atoms with Gasteiger partial charge >= 0.3 is 5.97 Å². The summed E-state index contributed by atoms with van der Waals surface area (Å²) < 4.78 is 10.9. The van der Waals surface area contributed by atoms with Gasteiger partial charge < -0.3 is 9.47 Å². The van der Waals surface area contributed by atoms with E-state index in [1.54, 1.807) is 0 Å². The molecule has 1 saturated carbocycles. The molecule has 0 aromatic heterocycles. The van der Waals surface area contributed by atoms with Crippen LogP contribution in [0.1, 0.15) is 33.1 Å². The number of rotatable bonds is 2. The van der Waals surface area contributed by atoms with Gasteiger partial charge in [0.25, 0.3) is 0 Å². The number of carbonyl (C=O) groups is 1. The number of hydrogen-bond donors (Lipinski definition) is 0. The Hall–Kier alpha value is -0.570. The van der Waals surface area contributed by atoms with Crippen molar-refractivity contribution in [3.63, 3.8) is 0 Å². The van der Waals surface area contributed by atoms with E-state index in [-0.39, 0.29) is 11.9 Å². The minimum absolute atomic E-state index is 0.00968. The van der Waals surface area contributed by atoms with Crippen LogP contribution in [-0.2, 0) is 14.3 Å². The fourth-order valence-corrected chi connectivity index (χ4v) is 3.05. The highest BCUT2D eigenvalue weighted by atomic mass is 16.5. The fourth-order valence-electron chi connectivity index (χ4n) is 3.05. The first-order valence-corrected chi connectivity index (χ1v) is 6.02. The molecule has 0 unspecified atom stereocenters. The molecule has 0 aromatic carbocycles. The second-order valence-corrected chi connectivity index (χ2v) is 4.72. The molecule has 0 amide bonds. The summed E-state index contributed by atoms with van der Waals surface area (Å²) in [7, 11) is 0. The zero-order valence-electron chi connectivity index (χ0n) is 9.57. The molecular formula is C12H20O3. The fraction of sp³-hybridized carbons (Fsp3) is 0.917. The Bertz CT molecular complexity index is 237. The van der Waals surface area contributed by atoms with Crippen molar-refractivity contribution in [3.8, 4) is 0 Å². The van der Waals surface area contributed by atoms with Gasteiger partial charge in [-0.25, -0.2) is 0 Å². The standard InChI is InChI=1S/C12H20O3/c1-3-14-12(13)9-5-4-6-10-11(9)8(2)7-15-10/h8-11H,3-7H2,1-2H3/t8-,9+,10-,11-/m0/s1. The highest BCUT2D eigenvalue weighted by Crippen LogP contribution is 2.42. The lowest BCUT2D eigenvalue weighted by molar-refractivity contribution is -0.153. The Labute approximate surface area is 91.1 Å². The van der Waals surface area contributed by atoms with Crippen LogP contribution in [0.3, 0.4) is 0 Å². The van der Waals surface area contributed by atoms with E-state index in [0.29, 0.717) is 24.5 Å². The average molecular weight is 212 g/mol. The van der Waals surface area contributed by atoms with Gasteiger partial charge in [-0.2, -0.15) is 0 Å². The lowest BCUT2D eigenvalue weighted by Gasteiger charge is -2.32. The van der Waals surface area contributed by atoms with Crippen molar-refractivity contribution in [1.29, 1.82) is 0 Å². The summed E-state index contributed by atoms with van der Waals surface area (Å²) in [6, 6.07) is 0. The summed E-state index contributed by atoms with van der Waals surface area (Å²) in [4.78, 5) is 11.8. The van der Waals surface area contributed by atoms with Gasteiger partial charge in [0.2, 0.25) is 0 Å². The van der Waals surface area contributed by atoms with Crippen LogP contribution in [0.25, 0.3) is 0 Å². The minimum atomic E-state index is -0.00968. The summed E-state index contributed by atoms with van der Waals surface area (Å²) in [5.74, 6) is 0.980. The Balaban J connectivity index is 2.06. The number of carbonyl (C=O) groups excluding carboxylic acids is 1. The van der Waals surface area contributed by atoms with E-state index in [2.05, 4.69) is 6.92 Å². The Morgan fingerprint density at radius 2 is 2.27 bits per heavy atom. The number of ether oxygens (including phenoxy) is 2. The van der Waals surface area contributed by atoms with Crippen molar-refractivity contribution in [2.75, 3.05) is 13.2 Å². The molecule has 2 rings (SSSR count). The van der Waals surface area contributed by atoms with Gasteiger partial charge in [-0.1, -0.05) is 6.92 Å². The van der Waals surface area contributed by atoms with Crippen LogP contribution in [0.5, 0.6) is 0 Å². The predicted octanol–water partition coefficient (Wildman–Crippen LogP) is 2.00. The summed E-state index contributed by atoms with van der Waals surface area (Å²) in [6.07, 6.45) is 3.50. The number of esters is 1. The van der Waals surface area contributed by atoms with Crippen LogP contribution in [-0.4, -0.2) is 25.3 Å². The van der Waals surface area contributed by atoms with E-state index in [4.69, 9.17) is 9.47 Å². The van der Waals surface area contributed by atoms with Crippen molar-refractivity contribution < 1.29 is 14.3 Å². The smallest absolute Gasteiger partial charge is 0.309 e. The van der Waals surface area contributed by atoms with Crippen molar-refractivity contribution in [2.45, 2.75) is 39.2 Å². The molecule has 1 aliphatic carbocycles. The van der Waals surface area contributed by atoms with Gasteiger partial charge in [-0.15, -0.1) is 0 Å². The Kier molecular flexibility index (Phi) is 3.29. The molecule has 0 aromatic rings. The normalized spacial score (nSPS) is 39.9. The summed E-state index contributed by atoms with van der Waals surface area (Å²) in [5, 5.41) is 0. The van der Waals surface area contributed by atoms with Gasteiger partial charge in [0.15, 0.2) is 0 Å². The van der Waals surface area contributed by atoms with Crippen molar-refractivity contribution in [2.24, 2.45) is 17.8 Å². The first-order valence-electron chi connectivity index (χ1n) is 6.02. The van der Waals surface area contributed by atoms with E-state index < -0.39 is 0 Å². The predicted molar refractivity (Wildman–Crippen MR) is 56.4 cm³/mol. The van der Waals surface area contributed by atoms with Crippen LogP contribution in [0.15, 0.2) is 0 Å². The lowest BCUT2D eigenvalue weighted by atomic mass is 9.73. The molecule has 1 aliphatic heterocycles. The van der Waals surface area contributed by atoms with E-state index in [9.17, 15) is 4.79 Å². The SMILES string of the molecule is CCOC(=O)[C@@H]1CCC[C@@H]2OC[C@H](C)[C@H]21. The van der Waals surface area contributed by atoms with E-state index in [0.717, 1.165) is 25.9 Å². The lowest BCUT2D eigenvalue weighted by Crippen LogP contribution is -2.37. The first kappa shape index (κ1) is 10.9. The summed E-state index contributed by atoms with van der Waals surface area (Å²) >= 11 is 0. The van der Waals surface area contributed by atoms with E-state index in [1.165, 1.54) is 0 Å². The maximum absolute atomic E-state index is 11.8. The first-order chi connectivity index (χ1) is 7.24. The van der Waals surface area contributed by atoms with Gasteiger partial charge in [0.1, 0.15) is 0 Å². The second kappa shape index (κ2) is 4.52. The average Bonchev–Trinajstić information content (AvgIpc) is 2.61. The van der Waals surface area contributed by atoms with Crippen LogP contribution < -0.4 is 0 Å². The van der Waals surface area contributed by atoms with Gasteiger partial charge in [0, 0.05) is 12.5 Å². The Morgan fingerprint density at radius 1 is 1.47 bits per heavy atom. The molecule has 1 heterocycles. The van der Waals surface area contributed by atoms with Gasteiger partial charge in [-0.3, -0.25) is 4.79 Å². The quantitative estimate of drug-likeness (QED) is 0.657. The van der Waals surface area contributed by atoms with Crippen molar-refractivity contribution >= 4 is 5.97 Å². The molecule has 0 N–H and O–H groups in total. The number of hydrogen-bond acceptors (Lipinski definition) is 3. The zero-order valence-corrected chi connectivity index (χ0v) is 9.57. The topological polar surface area (TPSA) is 35.5 Å². The molecule has 3 heteroatoms. The van der Waals surface area contributed by atoms with Gasteiger partial charge in [-0.05, 0) is 32.1 Å². The summed E-state index contributed by atoms with van der Waals surface area (Å²) in [6.45, 7) is 5.35. The molecule has 0 spiro atoms. The molecule has 4 atom stereocenters. The van der Waals surface area contributed by atoms with Crippen LogP contribution >= 0.6 is 0 Å². The Morgan fingerprint density at radius 3 is 3.00 bits per heavy atom. The van der Waals surface area contributed by atoms with Crippen LogP contribution in [0, 0.1) is 17.8 Å². The van der Waals surface area contributed by atoms with Crippen LogP contribution in [0.4, 0.5) is 0 Å². The highest BCUT2D eigenvalue weighted by molar-refractivity contribution is 5.73. The van der Waals surface area contributed by atoms with E-state index in [1.807, 2.05) is 6.92 Å². The molecule has 86 valence electrons. The molecule has 2 aliphatic rings. The highest BCUT2D eigenvalue weighted by Gasteiger charge is 2.45. The molecule has 3 nitrogen and oxygen atoms in total. The molecule has 2 fully saturated rings. The van der Waals surface area contributed by atoms with E-state index >= 15 is 0 Å². The second-order valence-electron chi connectivity index (χ2n) is 4.72. The maximum Gasteiger partial charge on any atom is 0.309 e. The van der Waals surface area contributed by atoms with Crippen molar-refractivity contribution in [1.82, 2.24) is 0 Å². The molecule has 1 saturated heterocycles. The molecule has 0 radical (unpaired) electrons. The number of fused-ring (bicyclic) bond motifs is 1. The largest absolute Gasteiger partial charge is 0.466 e. The third kappa shape index (κ3) is 2.03.